The molecule has 2 N–H and O–H groups in total. The second-order valence-electron chi connectivity index (χ2n) is 5.42. The fourth-order valence-electron chi connectivity index (χ4n) is 2.05. The highest BCUT2D eigenvalue weighted by Crippen LogP contribution is 2.13. The van der Waals surface area contributed by atoms with Crippen molar-refractivity contribution in [3.8, 4) is 11.5 Å². The Morgan fingerprint density at radius 2 is 1.88 bits per heavy atom. The number of hydrogen-bond donors (Lipinski definition) is 2. The number of nitrogens with zero attached hydrogens (tertiary/aromatic N) is 1. The average molecular weight is 326 g/mol. The molecule has 0 aliphatic carbocycles. The molecule has 24 heavy (non-hydrogen) atoms. The number of phenolic OH excluding ortho intramolecular Hbond substituents is 1. The summed E-state index contributed by atoms with van der Waals surface area (Å²) in [5, 5.41) is 13.0. The molecule has 0 saturated carbocycles. The Morgan fingerprint density at radius 3 is 2.54 bits per heavy atom. The lowest BCUT2D eigenvalue weighted by atomic mass is 10.1. The lowest BCUT2D eigenvalue weighted by Crippen LogP contribution is -2.24. The number of rotatable bonds is 8. The Morgan fingerprint density at radius 1 is 1.17 bits per heavy atom. The lowest BCUT2D eigenvalue weighted by Gasteiger charge is -2.06. The maximum atomic E-state index is 11.7. The van der Waals surface area contributed by atoms with Gasteiger partial charge in [-0.25, -0.2) is 5.43 Å². The van der Waals surface area contributed by atoms with Crippen molar-refractivity contribution in [1.82, 2.24) is 5.43 Å². The maximum absolute atomic E-state index is 11.7. The first-order valence-electron chi connectivity index (χ1n) is 8.00. The molecule has 0 saturated heterocycles. The van der Waals surface area contributed by atoms with E-state index in [9.17, 15) is 9.90 Å². The van der Waals surface area contributed by atoms with Gasteiger partial charge in [-0.1, -0.05) is 25.5 Å². The highest BCUT2D eigenvalue weighted by molar-refractivity contribution is 5.83. The monoisotopic (exact) mass is 326 g/mol. The number of ether oxygens (including phenoxy) is 1. The summed E-state index contributed by atoms with van der Waals surface area (Å²) in [6.45, 7) is 2.07. The number of hydrogen-bond acceptors (Lipinski definition) is 4. The molecule has 0 aliphatic rings. The van der Waals surface area contributed by atoms with Crippen LogP contribution < -0.4 is 10.2 Å². The SMILES string of the molecule is CCCCc1ccc(OCC(=O)N/N=C/c2ccc(O)cc2)cc1. The number of amides is 1. The number of aryl methyl sites for hydroxylation is 1. The maximum Gasteiger partial charge on any atom is 0.277 e. The van der Waals surface area contributed by atoms with Gasteiger partial charge in [0.2, 0.25) is 0 Å². The van der Waals surface area contributed by atoms with Crippen molar-refractivity contribution in [2.75, 3.05) is 6.61 Å². The van der Waals surface area contributed by atoms with Crippen LogP contribution in [0.5, 0.6) is 11.5 Å². The van der Waals surface area contributed by atoms with E-state index in [1.54, 1.807) is 24.3 Å². The first kappa shape index (κ1) is 17.5. The zero-order chi connectivity index (χ0) is 17.2. The fourth-order valence-corrected chi connectivity index (χ4v) is 2.05. The molecule has 2 aromatic carbocycles. The first-order chi connectivity index (χ1) is 11.7. The molecule has 126 valence electrons. The summed E-state index contributed by atoms with van der Waals surface area (Å²) in [6.07, 6.45) is 4.90. The third kappa shape index (κ3) is 6.12. The van der Waals surface area contributed by atoms with Crippen LogP contribution in [0.1, 0.15) is 30.9 Å². The molecule has 0 heterocycles. The van der Waals surface area contributed by atoms with Gasteiger partial charge in [-0.15, -0.1) is 0 Å². The summed E-state index contributed by atoms with van der Waals surface area (Å²) in [4.78, 5) is 11.7. The normalized spacial score (nSPS) is 10.7. The van der Waals surface area contributed by atoms with Gasteiger partial charge in [-0.3, -0.25) is 4.79 Å². The summed E-state index contributed by atoms with van der Waals surface area (Å²) in [7, 11) is 0. The van der Waals surface area contributed by atoms with Crippen LogP contribution in [0.25, 0.3) is 0 Å². The summed E-state index contributed by atoms with van der Waals surface area (Å²) in [6, 6.07) is 14.3. The van der Waals surface area contributed by atoms with Crippen LogP contribution in [0.4, 0.5) is 0 Å². The van der Waals surface area contributed by atoms with E-state index in [2.05, 4.69) is 17.5 Å². The Bertz CT molecular complexity index is 664. The number of aromatic hydroxyl groups is 1. The van der Waals surface area contributed by atoms with Gasteiger partial charge in [0.1, 0.15) is 11.5 Å². The molecule has 0 aliphatic heterocycles. The van der Waals surface area contributed by atoms with E-state index >= 15 is 0 Å². The van der Waals surface area contributed by atoms with Gasteiger partial charge in [-0.2, -0.15) is 5.10 Å². The molecular formula is C19H22N2O3. The minimum Gasteiger partial charge on any atom is -0.508 e. The standard InChI is InChI=1S/C19H22N2O3/c1-2-3-4-15-7-11-18(12-8-15)24-14-19(23)21-20-13-16-5-9-17(22)10-6-16/h5-13,22H,2-4,14H2,1H3,(H,21,23)/b20-13+. The minimum absolute atomic E-state index is 0.0960. The predicted octanol–water partition coefficient (Wildman–Crippen LogP) is 3.26. The van der Waals surface area contributed by atoms with Crippen LogP contribution >= 0.6 is 0 Å². The number of nitrogens with one attached hydrogen (secondary N) is 1. The van der Waals surface area contributed by atoms with Crippen molar-refractivity contribution >= 4 is 12.1 Å². The van der Waals surface area contributed by atoms with Crippen LogP contribution in [-0.4, -0.2) is 23.8 Å². The molecule has 0 spiro atoms. The first-order valence-corrected chi connectivity index (χ1v) is 8.00. The smallest absolute Gasteiger partial charge is 0.277 e. The van der Waals surface area contributed by atoms with Crippen molar-refractivity contribution in [2.45, 2.75) is 26.2 Å². The predicted molar refractivity (Wildman–Crippen MR) is 94.4 cm³/mol. The summed E-state index contributed by atoms with van der Waals surface area (Å²) in [5.41, 5.74) is 4.44. The summed E-state index contributed by atoms with van der Waals surface area (Å²) >= 11 is 0. The van der Waals surface area contributed by atoms with E-state index in [0.29, 0.717) is 5.75 Å². The highest BCUT2D eigenvalue weighted by atomic mass is 16.5. The van der Waals surface area contributed by atoms with Crippen LogP contribution in [-0.2, 0) is 11.2 Å². The summed E-state index contributed by atoms with van der Waals surface area (Å²) in [5.74, 6) is 0.512. The third-order valence-electron chi connectivity index (χ3n) is 3.41. The van der Waals surface area contributed by atoms with Crippen molar-refractivity contribution in [3.63, 3.8) is 0 Å². The molecule has 2 rings (SSSR count). The van der Waals surface area contributed by atoms with Crippen molar-refractivity contribution in [3.05, 3.63) is 59.7 Å². The van der Waals surface area contributed by atoms with Crippen LogP contribution in [0.2, 0.25) is 0 Å². The molecule has 0 radical (unpaired) electrons. The van der Waals surface area contributed by atoms with Gasteiger partial charge in [0.25, 0.3) is 5.91 Å². The molecule has 0 fully saturated rings. The van der Waals surface area contributed by atoms with E-state index in [0.717, 1.165) is 12.0 Å². The van der Waals surface area contributed by atoms with Crippen molar-refractivity contribution in [1.29, 1.82) is 0 Å². The number of benzene rings is 2. The molecule has 0 atom stereocenters. The van der Waals surface area contributed by atoms with E-state index in [1.165, 1.54) is 24.6 Å². The largest absolute Gasteiger partial charge is 0.508 e. The Labute approximate surface area is 142 Å². The van der Waals surface area contributed by atoms with Crippen LogP contribution in [0.15, 0.2) is 53.6 Å². The molecule has 2 aromatic rings. The van der Waals surface area contributed by atoms with Gasteiger partial charge < -0.3 is 9.84 Å². The van der Waals surface area contributed by atoms with E-state index in [1.807, 2.05) is 24.3 Å². The zero-order valence-electron chi connectivity index (χ0n) is 13.7. The van der Waals surface area contributed by atoms with Crippen LogP contribution in [0, 0.1) is 0 Å². The molecule has 0 unspecified atom stereocenters. The van der Waals surface area contributed by atoms with Gasteiger partial charge in [0.15, 0.2) is 6.61 Å². The second-order valence-corrected chi connectivity index (χ2v) is 5.42. The number of carbonyl (C=O) groups is 1. The topological polar surface area (TPSA) is 70.9 Å². The third-order valence-corrected chi connectivity index (χ3v) is 3.41. The number of hydrazone groups is 1. The Hall–Kier alpha value is -2.82. The van der Waals surface area contributed by atoms with Crippen LogP contribution in [0.3, 0.4) is 0 Å². The molecule has 0 bridgehead atoms. The van der Waals surface area contributed by atoms with Gasteiger partial charge in [0, 0.05) is 0 Å². The molecule has 5 nitrogen and oxygen atoms in total. The fraction of sp³-hybridized carbons (Fsp3) is 0.263. The van der Waals surface area contributed by atoms with Gasteiger partial charge >= 0.3 is 0 Å². The van der Waals surface area contributed by atoms with E-state index < -0.39 is 0 Å². The number of unbranched alkanes of at least 4 members (excludes halogenated alkanes) is 1. The van der Waals surface area contributed by atoms with Gasteiger partial charge in [-0.05, 0) is 60.4 Å². The molecule has 5 heteroatoms. The quantitative estimate of drug-likeness (QED) is 0.578. The molecule has 0 aromatic heterocycles. The van der Waals surface area contributed by atoms with Crippen molar-refractivity contribution in [2.24, 2.45) is 5.10 Å². The van der Waals surface area contributed by atoms with Crippen molar-refractivity contribution < 1.29 is 14.6 Å². The molecule has 1 amide bonds. The van der Waals surface area contributed by atoms with E-state index in [-0.39, 0.29) is 18.3 Å². The zero-order valence-corrected chi connectivity index (χ0v) is 13.7. The highest BCUT2D eigenvalue weighted by Gasteiger charge is 2.01. The number of carbonyl (C=O) groups excluding carboxylic acids is 1. The minimum atomic E-state index is -0.333. The average Bonchev–Trinajstić information content (AvgIpc) is 2.61. The van der Waals surface area contributed by atoms with E-state index in [4.69, 9.17) is 4.74 Å². The van der Waals surface area contributed by atoms with Gasteiger partial charge in [0.05, 0.1) is 6.21 Å². The molecular weight excluding hydrogens is 304 g/mol. The lowest BCUT2D eigenvalue weighted by molar-refractivity contribution is -0.123. The Kier molecular flexibility index (Phi) is 6.83. The summed E-state index contributed by atoms with van der Waals surface area (Å²) < 4.78 is 5.43. The Balaban J connectivity index is 1.73. The number of phenols is 1. The second kappa shape index (κ2) is 9.35.